The molecule has 1 nitrogen and oxygen atoms in total. The third-order valence-corrected chi connectivity index (χ3v) is 5.78. The number of rotatable bonds is 4. The molecule has 0 unspecified atom stereocenters. The molecule has 1 fully saturated rings. The second-order valence-corrected chi connectivity index (χ2v) is 8.98. The topological polar surface area (TPSA) is 12.0 Å². The highest BCUT2D eigenvalue weighted by molar-refractivity contribution is 9.10. The van der Waals surface area contributed by atoms with Crippen LogP contribution in [-0.2, 0) is 6.42 Å². The van der Waals surface area contributed by atoms with E-state index in [1.165, 1.54) is 47.9 Å². The van der Waals surface area contributed by atoms with E-state index in [9.17, 15) is 0 Å². The summed E-state index contributed by atoms with van der Waals surface area (Å²) in [6.45, 7) is 7.97. The molecule has 1 aromatic rings. The Morgan fingerprint density at radius 1 is 1.26 bits per heavy atom. The molecule has 1 saturated carbocycles. The fourth-order valence-electron chi connectivity index (χ4n) is 2.99. The summed E-state index contributed by atoms with van der Waals surface area (Å²) >= 11 is 5.48. The molecule has 108 valence electrons. The minimum atomic E-state index is 0.223. The van der Waals surface area contributed by atoms with Crippen LogP contribution >= 0.6 is 27.3 Å². The molecular formula is C16H26BrNS. The van der Waals surface area contributed by atoms with E-state index in [0.29, 0.717) is 5.41 Å². The van der Waals surface area contributed by atoms with E-state index in [-0.39, 0.29) is 5.54 Å². The zero-order valence-corrected chi connectivity index (χ0v) is 14.8. The molecule has 0 amide bonds. The lowest BCUT2D eigenvalue weighted by Gasteiger charge is -2.39. The van der Waals surface area contributed by atoms with E-state index >= 15 is 0 Å². The minimum absolute atomic E-state index is 0.223. The van der Waals surface area contributed by atoms with Crippen molar-refractivity contribution >= 4 is 27.3 Å². The first-order valence-corrected chi connectivity index (χ1v) is 9.04. The molecule has 0 aromatic carbocycles. The average molecular weight is 344 g/mol. The Kier molecular flexibility index (Phi) is 5.13. The molecule has 19 heavy (non-hydrogen) atoms. The van der Waals surface area contributed by atoms with Crippen LogP contribution in [0.5, 0.6) is 0 Å². The summed E-state index contributed by atoms with van der Waals surface area (Å²) in [7, 11) is 0. The van der Waals surface area contributed by atoms with Gasteiger partial charge in [0.05, 0.1) is 0 Å². The first kappa shape index (κ1) is 15.5. The van der Waals surface area contributed by atoms with Gasteiger partial charge in [0.1, 0.15) is 0 Å². The highest BCUT2D eigenvalue weighted by atomic mass is 79.9. The molecule has 1 N–H and O–H groups in total. The molecule has 1 aliphatic rings. The van der Waals surface area contributed by atoms with Crippen LogP contribution in [0.3, 0.4) is 0 Å². The van der Waals surface area contributed by atoms with Crippen molar-refractivity contribution in [3.63, 3.8) is 0 Å². The predicted octanol–water partition coefficient (Wildman–Crippen LogP) is 5.39. The Morgan fingerprint density at radius 3 is 2.47 bits per heavy atom. The summed E-state index contributed by atoms with van der Waals surface area (Å²) in [6, 6.07) is 2.30. The van der Waals surface area contributed by atoms with Gasteiger partial charge in [-0.1, -0.05) is 19.3 Å². The molecule has 0 aliphatic heterocycles. The molecule has 0 atom stereocenters. The maximum atomic E-state index is 3.75. The molecule has 1 heterocycles. The van der Waals surface area contributed by atoms with Crippen LogP contribution < -0.4 is 5.32 Å². The van der Waals surface area contributed by atoms with Gasteiger partial charge in [-0.2, -0.15) is 0 Å². The average Bonchev–Trinajstić information content (AvgIpc) is 2.73. The first-order chi connectivity index (χ1) is 8.89. The van der Waals surface area contributed by atoms with Crippen molar-refractivity contribution in [1.82, 2.24) is 5.32 Å². The molecule has 3 heteroatoms. The Bertz CT molecular complexity index is 399. The zero-order chi connectivity index (χ0) is 13.9. The highest BCUT2D eigenvalue weighted by Gasteiger charge is 2.33. The van der Waals surface area contributed by atoms with Crippen molar-refractivity contribution < 1.29 is 0 Å². The monoisotopic (exact) mass is 343 g/mol. The van der Waals surface area contributed by atoms with Gasteiger partial charge in [-0.3, -0.25) is 0 Å². The van der Waals surface area contributed by atoms with Crippen molar-refractivity contribution in [1.29, 1.82) is 0 Å². The molecular weight excluding hydrogens is 318 g/mol. The van der Waals surface area contributed by atoms with Crippen LogP contribution in [0.2, 0.25) is 0 Å². The highest BCUT2D eigenvalue weighted by Crippen LogP contribution is 2.40. The van der Waals surface area contributed by atoms with E-state index in [0.717, 1.165) is 6.54 Å². The Balaban J connectivity index is 2.05. The lowest BCUT2D eigenvalue weighted by molar-refractivity contribution is 0.166. The van der Waals surface area contributed by atoms with E-state index in [2.05, 4.69) is 53.5 Å². The second-order valence-electron chi connectivity index (χ2n) is 7.07. The summed E-state index contributed by atoms with van der Waals surface area (Å²) in [5, 5.41) is 5.96. The van der Waals surface area contributed by atoms with Crippen LogP contribution in [-0.4, -0.2) is 12.1 Å². The maximum Gasteiger partial charge on any atom is 0.0285 e. The molecule has 0 spiro atoms. The van der Waals surface area contributed by atoms with Crippen molar-refractivity contribution in [2.45, 2.75) is 64.8 Å². The lowest BCUT2D eigenvalue weighted by atomic mass is 9.71. The van der Waals surface area contributed by atoms with Gasteiger partial charge in [0.2, 0.25) is 0 Å². The molecule has 0 saturated heterocycles. The standard InChI is InChI=1S/C16H26BrNS/c1-15(2,3)18-12-16(7-5-4-6-8-16)10-14-9-13(17)11-19-14/h9,11,18H,4-8,10,12H2,1-3H3. The molecule has 2 rings (SSSR count). The number of hydrogen-bond donors (Lipinski definition) is 1. The van der Waals surface area contributed by atoms with Crippen LogP contribution in [0.4, 0.5) is 0 Å². The number of thiophene rings is 1. The fraction of sp³-hybridized carbons (Fsp3) is 0.750. The van der Waals surface area contributed by atoms with E-state index in [4.69, 9.17) is 0 Å². The van der Waals surface area contributed by atoms with Crippen molar-refractivity contribution in [3.05, 3.63) is 20.8 Å². The first-order valence-electron chi connectivity index (χ1n) is 7.37. The fourth-order valence-corrected chi connectivity index (χ4v) is 4.61. The molecule has 0 radical (unpaired) electrons. The van der Waals surface area contributed by atoms with Crippen LogP contribution in [0.15, 0.2) is 15.9 Å². The molecule has 0 bridgehead atoms. The number of halogens is 1. The van der Waals surface area contributed by atoms with Crippen LogP contribution in [0.25, 0.3) is 0 Å². The summed E-state index contributed by atoms with van der Waals surface area (Å²) in [5.41, 5.74) is 0.705. The van der Waals surface area contributed by atoms with E-state index in [1.807, 2.05) is 11.3 Å². The summed E-state index contributed by atoms with van der Waals surface area (Å²) < 4.78 is 1.24. The third-order valence-electron chi connectivity index (χ3n) is 4.08. The predicted molar refractivity (Wildman–Crippen MR) is 89.0 cm³/mol. The third kappa shape index (κ3) is 4.87. The summed E-state index contributed by atoms with van der Waals surface area (Å²) in [6.07, 6.45) is 8.23. The van der Waals surface area contributed by atoms with Crippen molar-refractivity contribution in [2.24, 2.45) is 5.41 Å². The van der Waals surface area contributed by atoms with Gasteiger partial charge >= 0.3 is 0 Å². The normalized spacial score (nSPS) is 19.6. The smallest absolute Gasteiger partial charge is 0.0285 e. The van der Waals surface area contributed by atoms with Gasteiger partial charge in [-0.15, -0.1) is 11.3 Å². The SMILES string of the molecule is CC(C)(C)NCC1(Cc2cc(Br)cs2)CCCCC1. The van der Waals surface area contributed by atoms with Crippen LogP contribution in [0, 0.1) is 5.41 Å². The Labute approximate surface area is 130 Å². The second kappa shape index (κ2) is 6.28. The zero-order valence-electron chi connectivity index (χ0n) is 12.4. The minimum Gasteiger partial charge on any atom is -0.312 e. The van der Waals surface area contributed by atoms with Gasteiger partial charge in [0.15, 0.2) is 0 Å². The molecule has 1 aromatic heterocycles. The van der Waals surface area contributed by atoms with Crippen molar-refractivity contribution in [2.75, 3.05) is 6.54 Å². The van der Waals surface area contributed by atoms with Crippen LogP contribution in [0.1, 0.15) is 57.8 Å². The summed E-state index contributed by atoms with van der Waals surface area (Å²) in [4.78, 5) is 1.53. The lowest BCUT2D eigenvalue weighted by Crippen LogP contribution is -2.45. The van der Waals surface area contributed by atoms with Gasteiger partial charge in [-0.05, 0) is 67.4 Å². The molecule has 1 aliphatic carbocycles. The number of nitrogens with one attached hydrogen (secondary N) is 1. The van der Waals surface area contributed by atoms with Gasteiger partial charge in [-0.25, -0.2) is 0 Å². The van der Waals surface area contributed by atoms with Gasteiger partial charge in [0, 0.05) is 26.8 Å². The number of hydrogen-bond acceptors (Lipinski definition) is 2. The largest absolute Gasteiger partial charge is 0.312 e. The van der Waals surface area contributed by atoms with Crippen molar-refractivity contribution in [3.8, 4) is 0 Å². The quantitative estimate of drug-likeness (QED) is 0.772. The van der Waals surface area contributed by atoms with E-state index < -0.39 is 0 Å². The van der Waals surface area contributed by atoms with Gasteiger partial charge < -0.3 is 5.32 Å². The Morgan fingerprint density at radius 2 is 1.95 bits per heavy atom. The Hall–Kier alpha value is 0.140. The summed E-state index contributed by atoms with van der Waals surface area (Å²) in [5.74, 6) is 0. The maximum absolute atomic E-state index is 3.75. The van der Waals surface area contributed by atoms with E-state index in [1.54, 1.807) is 0 Å². The van der Waals surface area contributed by atoms with Gasteiger partial charge in [0.25, 0.3) is 0 Å².